The van der Waals surface area contributed by atoms with Crippen molar-refractivity contribution >= 4 is 29.0 Å². The number of hydrogen-bond donors (Lipinski definition) is 1. The van der Waals surface area contributed by atoms with Gasteiger partial charge in [0.25, 0.3) is 0 Å². The summed E-state index contributed by atoms with van der Waals surface area (Å²) in [5, 5.41) is 13.8. The van der Waals surface area contributed by atoms with E-state index in [4.69, 9.17) is 14.2 Å². The maximum absolute atomic E-state index is 12.2. The number of amides is 1. The van der Waals surface area contributed by atoms with Crippen LogP contribution in [0.2, 0.25) is 0 Å². The zero-order valence-electron chi connectivity index (χ0n) is 17.8. The molecule has 0 saturated heterocycles. The van der Waals surface area contributed by atoms with Crippen LogP contribution in [0.15, 0.2) is 42.5 Å². The normalized spacial score (nSPS) is 10.2. The van der Waals surface area contributed by atoms with Gasteiger partial charge in [0.1, 0.15) is 5.75 Å². The third kappa shape index (κ3) is 7.38. The number of rotatable bonds is 12. The molecule has 0 spiro atoms. The Morgan fingerprint density at radius 2 is 1.78 bits per heavy atom. The summed E-state index contributed by atoms with van der Waals surface area (Å²) in [6.07, 6.45) is 0.289. The highest BCUT2D eigenvalue weighted by atomic mass is 16.6. The van der Waals surface area contributed by atoms with Crippen molar-refractivity contribution < 1.29 is 33.5 Å². The summed E-state index contributed by atoms with van der Waals surface area (Å²) in [4.78, 5) is 46.4. The van der Waals surface area contributed by atoms with Gasteiger partial charge in [-0.3, -0.25) is 24.5 Å². The Kier molecular flexibility index (Phi) is 9.15. The first-order valence-corrected chi connectivity index (χ1v) is 9.88. The SMILES string of the molecule is CCOc1ccc(NC(=O)CCCC(=O)OCC(=O)c2ccc(OC)c([N+](=O)[O-])c2)cc1. The topological polar surface area (TPSA) is 134 Å². The Hall–Kier alpha value is -3.95. The fourth-order valence-electron chi connectivity index (χ4n) is 2.73. The van der Waals surface area contributed by atoms with Gasteiger partial charge in [-0.05, 0) is 49.7 Å². The Morgan fingerprint density at radius 1 is 1.06 bits per heavy atom. The van der Waals surface area contributed by atoms with E-state index in [1.54, 1.807) is 24.3 Å². The molecule has 10 nitrogen and oxygen atoms in total. The lowest BCUT2D eigenvalue weighted by Gasteiger charge is -2.08. The van der Waals surface area contributed by atoms with Gasteiger partial charge in [-0.1, -0.05) is 0 Å². The minimum Gasteiger partial charge on any atom is -0.494 e. The highest BCUT2D eigenvalue weighted by Gasteiger charge is 2.19. The van der Waals surface area contributed by atoms with Crippen molar-refractivity contribution in [2.75, 3.05) is 25.6 Å². The summed E-state index contributed by atoms with van der Waals surface area (Å²) in [5.41, 5.74) is 0.281. The molecular weight excluding hydrogens is 420 g/mol. The second kappa shape index (κ2) is 12.0. The number of Topliss-reactive ketones (excluding diaryl/α,β-unsaturated/α-hetero) is 1. The number of ketones is 1. The van der Waals surface area contributed by atoms with Crippen LogP contribution in [-0.2, 0) is 14.3 Å². The molecule has 1 amide bonds. The van der Waals surface area contributed by atoms with E-state index in [1.165, 1.54) is 19.2 Å². The molecule has 2 aromatic carbocycles. The summed E-state index contributed by atoms with van der Waals surface area (Å²) in [7, 11) is 1.28. The number of carbonyl (C=O) groups excluding carboxylic acids is 3. The lowest BCUT2D eigenvalue weighted by molar-refractivity contribution is -0.385. The highest BCUT2D eigenvalue weighted by Crippen LogP contribution is 2.27. The number of carbonyl (C=O) groups is 3. The van der Waals surface area contributed by atoms with Crippen LogP contribution in [0.1, 0.15) is 36.5 Å². The highest BCUT2D eigenvalue weighted by molar-refractivity contribution is 5.98. The van der Waals surface area contributed by atoms with Crippen LogP contribution in [0.25, 0.3) is 0 Å². The van der Waals surface area contributed by atoms with Gasteiger partial charge in [0.05, 0.1) is 18.6 Å². The molecule has 0 saturated carbocycles. The van der Waals surface area contributed by atoms with Gasteiger partial charge < -0.3 is 19.5 Å². The van der Waals surface area contributed by atoms with Crippen LogP contribution in [0.4, 0.5) is 11.4 Å². The number of esters is 1. The third-order valence-electron chi connectivity index (χ3n) is 4.30. The van der Waals surface area contributed by atoms with Crippen molar-refractivity contribution in [2.24, 2.45) is 0 Å². The van der Waals surface area contributed by atoms with Crippen molar-refractivity contribution in [1.82, 2.24) is 0 Å². The zero-order chi connectivity index (χ0) is 23.5. The average molecular weight is 444 g/mol. The van der Waals surface area contributed by atoms with Gasteiger partial charge in [0.2, 0.25) is 11.7 Å². The molecule has 0 heterocycles. The second-order valence-electron chi connectivity index (χ2n) is 6.59. The fourth-order valence-corrected chi connectivity index (χ4v) is 2.73. The summed E-state index contributed by atoms with van der Waals surface area (Å²) in [6, 6.07) is 10.6. The number of benzene rings is 2. The number of methoxy groups -OCH3 is 1. The standard InChI is InChI=1S/C22H24N2O8/c1-3-31-17-10-8-16(9-11-17)23-21(26)5-4-6-22(27)32-14-19(25)15-7-12-20(30-2)18(13-15)24(28)29/h7-13H,3-6,14H2,1-2H3,(H,23,26). The van der Waals surface area contributed by atoms with Gasteiger partial charge in [-0.15, -0.1) is 0 Å². The van der Waals surface area contributed by atoms with Crippen LogP contribution in [-0.4, -0.2) is 42.9 Å². The maximum Gasteiger partial charge on any atom is 0.311 e. The molecule has 2 rings (SSSR count). The van der Waals surface area contributed by atoms with Crippen molar-refractivity contribution in [1.29, 1.82) is 0 Å². The number of ether oxygens (including phenoxy) is 3. The van der Waals surface area contributed by atoms with E-state index in [9.17, 15) is 24.5 Å². The first kappa shape index (κ1) is 24.3. The van der Waals surface area contributed by atoms with Crippen molar-refractivity contribution in [3.05, 3.63) is 58.1 Å². The van der Waals surface area contributed by atoms with Crippen LogP contribution in [0.5, 0.6) is 11.5 Å². The van der Waals surface area contributed by atoms with Crippen molar-refractivity contribution in [3.8, 4) is 11.5 Å². The van der Waals surface area contributed by atoms with Gasteiger partial charge in [-0.2, -0.15) is 0 Å². The molecule has 0 radical (unpaired) electrons. The largest absolute Gasteiger partial charge is 0.494 e. The number of nitrogens with zero attached hydrogens (tertiary/aromatic N) is 1. The van der Waals surface area contributed by atoms with E-state index in [1.807, 2.05) is 6.92 Å². The number of nitro benzene ring substituents is 1. The Morgan fingerprint density at radius 3 is 2.41 bits per heavy atom. The number of nitro groups is 1. The lowest BCUT2D eigenvalue weighted by Crippen LogP contribution is -2.15. The van der Waals surface area contributed by atoms with E-state index in [-0.39, 0.29) is 42.2 Å². The number of anilines is 1. The molecule has 0 fully saturated rings. The Balaban J connectivity index is 1.74. The first-order chi connectivity index (χ1) is 15.3. The van der Waals surface area contributed by atoms with Crippen molar-refractivity contribution in [2.45, 2.75) is 26.2 Å². The molecule has 0 atom stereocenters. The minimum atomic E-state index is -0.667. The molecule has 1 N–H and O–H groups in total. The smallest absolute Gasteiger partial charge is 0.311 e. The minimum absolute atomic E-state index is 0.0204. The van der Waals surface area contributed by atoms with Gasteiger partial charge in [-0.25, -0.2) is 0 Å². The summed E-state index contributed by atoms with van der Waals surface area (Å²) in [6.45, 7) is 1.87. The Bertz CT molecular complexity index is 972. The van der Waals surface area contributed by atoms with Crippen LogP contribution >= 0.6 is 0 Å². The van der Waals surface area contributed by atoms with E-state index >= 15 is 0 Å². The molecule has 170 valence electrons. The molecule has 0 aliphatic rings. The molecular formula is C22H24N2O8. The molecule has 0 aliphatic heterocycles. The van der Waals surface area contributed by atoms with E-state index in [0.29, 0.717) is 18.0 Å². The monoisotopic (exact) mass is 444 g/mol. The summed E-state index contributed by atoms with van der Waals surface area (Å²) >= 11 is 0. The van der Waals surface area contributed by atoms with Crippen molar-refractivity contribution in [3.63, 3.8) is 0 Å². The Labute approximate surface area is 184 Å². The molecule has 10 heteroatoms. The van der Waals surface area contributed by atoms with Crippen LogP contribution < -0.4 is 14.8 Å². The van der Waals surface area contributed by atoms with E-state index in [2.05, 4.69) is 5.32 Å². The molecule has 0 unspecified atom stereocenters. The first-order valence-electron chi connectivity index (χ1n) is 9.88. The number of hydrogen-bond acceptors (Lipinski definition) is 8. The summed E-state index contributed by atoms with van der Waals surface area (Å²) < 4.78 is 15.1. The zero-order valence-corrected chi connectivity index (χ0v) is 17.8. The second-order valence-corrected chi connectivity index (χ2v) is 6.59. The number of nitrogens with one attached hydrogen (secondary N) is 1. The molecule has 0 aromatic heterocycles. The average Bonchev–Trinajstić information content (AvgIpc) is 2.78. The van der Waals surface area contributed by atoms with Gasteiger partial charge >= 0.3 is 11.7 Å². The quantitative estimate of drug-likeness (QED) is 0.227. The molecule has 32 heavy (non-hydrogen) atoms. The maximum atomic E-state index is 12.2. The fraction of sp³-hybridized carbons (Fsp3) is 0.318. The lowest BCUT2D eigenvalue weighted by atomic mass is 10.1. The molecule has 0 aliphatic carbocycles. The van der Waals surface area contributed by atoms with Crippen LogP contribution in [0.3, 0.4) is 0 Å². The van der Waals surface area contributed by atoms with E-state index < -0.39 is 23.3 Å². The molecule has 0 bridgehead atoms. The van der Waals surface area contributed by atoms with Gasteiger partial charge in [0.15, 0.2) is 12.4 Å². The van der Waals surface area contributed by atoms with Gasteiger partial charge in [0, 0.05) is 30.2 Å². The summed E-state index contributed by atoms with van der Waals surface area (Å²) in [5.74, 6) is -0.768. The predicted octanol–water partition coefficient (Wildman–Crippen LogP) is 3.54. The van der Waals surface area contributed by atoms with E-state index in [0.717, 1.165) is 6.07 Å². The third-order valence-corrected chi connectivity index (χ3v) is 4.30. The predicted molar refractivity (Wildman–Crippen MR) is 115 cm³/mol. The van der Waals surface area contributed by atoms with Crippen LogP contribution in [0, 0.1) is 10.1 Å². The molecule has 2 aromatic rings.